The second kappa shape index (κ2) is 15.1. The highest BCUT2D eigenvalue weighted by atomic mass is 32.1. The topological polar surface area (TPSA) is 153 Å². The molecule has 4 aromatic rings. The number of nitrogen functional groups attached to an aromatic ring is 1. The number of piperidine rings is 2. The monoisotopic (exact) mass is 766 g/mol. The predicted molar refractivity (Wildman–Crippen MR) is 193 cm³/mol. The number of ether oxygens (including phenoxy) is 2. The van der Waals surface area contributed by atoms with Crippen molar-refractivity contribution in [1.82, 2.24) is 24.3 Å². The Morgan fingerprint density at radius 3 is 2.48 bits per heavy atom. The molecule has 3 fully saturated rings. The first-order valence-corrected chi connectivity index (χ1v) is 18.7. The molecule has 0 saturated carbocycles. The Morgan fingerprint density at radius 1 is 1.06 bits per heavy atom. The lowest BCUT2D eigenvalue weighted by Crippen LogP contribution is -2.64. The Bertz CT molecular complexity index is 2060. The summed E-state index contributed by atoms with van der Waals surface area (Å²) in [6, 6.07) is 14.2. The number of amides is 2. The minimum Gasteiger partial charge on any atom is -0.437 e. The first-order valence-electron chi connectivity index (χ1n) is 17.9. The number of aromatic nitrogens is 3. The summed E-state index contributed by atoms with van der Waals surface area (Å²) in [4.78, 5) is 53.2. The van der Waals surface area contributed by atoms with E-state index in [1.54, 1.807) is 4.90 Å². The lowest BCUT2D eigenvalue weighted by molar-refractivity contribution is -0.223. The lowest BCUT2D eigenvalue weighted by atomic mass is 9.78. The molecule has 16 heteroatoms. The molecule has 12 nitrogen and oxygen atoms in total. The number of likely N-dealkylation sites (tertiary alicyclic amines) is 2. The van der Waals surface area contributed by atoms with Crippen LogP contribution in [0.25, 0.3) is 0 Å². The fourth-order valence-electron chi connectivity index (χ4n) is 7.51. The minimum absolute atomic E-state index is 0.149. The Labute approximate surface area is 313 Å². The average Bonchev–Trinajstić information content (AvgIpc) is 3.57. The number of aliphatic hydroxyl groups is 1. The lowest BCUT2D eigenvalue weighted by Gasteiger charge is -2.46. The number of benzene rings is 2. The second-order valence-electron chi connectivity index (χ2n) is 14.2. The zero-order chi connectivity index (χ0) is 38.2. The third kappa shape index (κ3) is 7.46. The smallest absolute Gasteiger partial charge is 0.295 e. The van der Waals surface area contributed by atoms with Crippen LogP contribution in [0.3, 0.4) is 0 Å². The average molecular weight is 767 g/mol. The maximum absolute atomic E-state index is 16.0. The molecule has 0 spiro atoms. The number of alkyl halides is 2. The molecule has 0 aliphatic carbocycles. The van der Waals surface area contributed by atoms with Crippen molar-refractivity contribution < 1.29 is 37.3 Å². The van der Waals surface area contributed by atoms with Gasteiger partial charge in [0.05, 0.1) is 23.8 Å². The Hall–Kier alpha value is -4.80. The van der Waals surface area contributed by atoms with Crippen LogP contribution in [0.1, 0.15) is 63.5 Å². The number of halogens is 3. The number of nitrogens with two attached hydrogens (primary N) is 1. The second-order valence-corrected chi connectivity index (χ2v) is 15.2. The first-order chi connectivity index (χ1) is 25.8. The Morgan fingerprint density at radius 2 is 1.78 bits per heavy atom. The van der Waals surface area contributed by atoms with E-state index in [2.05, 4.69) is 4.98 Å². The van der Waals surface area contributed by atoms with Crippen molar-refractivity contribution in [2.45, 2.75) is 62.5 Å². The van der Waals surface area contributed by atoms with Crippen LogP contribution in [0.2, 0.25) is 0 Å². The number of carbonyl (C=O) groups excluding carboxylic acids is 2. The van der Waals surface area contributed by atoms with Crippen LogP contribution in [0.15, 0.2) is 65.7 Å². The van der Waals surface area contributed by atoms with E-state index in [-0.39, 0.29) is 49.5 Å². The molecule has 3 atom stereocenters. The van der Waals surface area contributed by atoms with Crippen molar-refractivity contribution in [3.63, 3.8) is 0 Å². The molecule has 2 amide bonds. The van der Waals surface area contributed by atoms with Crippen molar-refractivity contribution in [2.75, 3.05) is 45.1 Å². The molecule has 0 bridgehead atoms. The van der Waals surface area contributed by atoms with Crippen LogP contribution in [0, 0.1) is 18.7 Å². The molecular formula is C38H41F3N6O6S. The molecule has 5 heterocycles. The third-order valence-corrected chi connectivity index (χ3v) is 12.0. The van der Waals surface area contributed by atoms with E-state index in [0.29, 0.717) is 23.8 Å². The molecule has 0 unspecified atom stereocenters. The van der Waals surface area contributed by atoms with Gasteiger partial charge in [-0.15, -0.1) is 11.3 Å². The zero-order valence-corrected chi connectivity index (χ0v) is 30.4. The van der Waals surface area contributed by atoms with Gasteiger partial charge in [-0.2, -0.15) is 0 Å². The van der Waals surface area contributed by atoms with Crippen molar-refractivity contribution >= 4 is 28.8 Å². The Kier molecular flexibility index (Phi) is 10.5. The van der Waals surface area contributed by atoms with Crippen LogP contribution in [-0.2, 0) is 16.1 Å². The van der Waals surface area contributed by atoms with Crippen LogP contribution >= 0.6 is 11.3 Å². The molecule has 54 heavy (non-hydrogen) atoms. The summed E-state index contributed by atoms with van der Waals surface area (Å²) in [5, 5.41) is 12.2. The predicted octanol–water partition coefficient (Wildman–Crippen LogP) is 4.96. The largest absolute Gasteiger partial charge is 0.437 e. The van der Waals surface area contributed by atoms with Crippen LogP contribution < -0.4 is 16.0 Å². The number of rotatable bonds is 8. The maximum atomic E-state index is 16.0. The highest BCUT2D eigenvalue weighted by Gasteiger charge is 2.58. The van der Waals surface area contributed by atoms with E-state index in [0.717, 1.165) is 51.3 Å². The fraction of sp³-hybridized carbons (Fsp3) is 0.447. The summed E-state index contributed by atoms with van der Waals surface area (Å²) < 4.78 is 56.9. The summed E-state index contributed by atoms with van der Waals surface area (Å²) in [5.41, 5.74) is 3.32. The van der Waals surface area contributed by atoms with Gasteiger partial charge in [0.2, 0.25) is 11.8 Å². The van der Waals surface area contributed by atoms with Crippen molar-refractivity contribution in [3.05, 3.63) is 98.2 Å². The van der Waals surface area contributed by atoms with Crippen molar-refractivity contribution in [1.29, 1.82) is 0 Å². The molecule has 7 rings (SSSR count). The zero-order valence-electron chi connectivity index (χ0n) is 29.6. The van der Waals surface area contributed by atoms with E-state index in [4.69, 9.17) is 20.2 Å². The molecule has 3 N–H and O–H groups in total. The highest BCUT2D eigenvalue weighted by molar-refractivity contribution is 7.13. The first kappa shape index (κ1) is 37.5. The van der Waals surface area contributed by atoms with Gasteiger partial charge in [-0.25, -0.2) is 23.1 Å². The number of hydrogen-bond donors (Lipinski definition) is 2. The molecule has 3 saturated heterocycles. The highest BCUT2D eigenvalue weighted by Crippen LogP contribution is 2.41. The summed E-state index contributed by atoms with van der Waals surface area (Å²) in [6.07, 6.45) is 2.38. The van der Waals surface area contributed by atoms with Gasteiger partial charge in [0.1, 0.15) is 28.4 Å². The molecule has 0 radical (unpaired) electrons. The van der Waals surface area contributed by atoms with E-state index >= 15 is 8.78 Å². The minimum atomic E-state index is -3.82. The van der Waals surface area contributed by atoms with Gasteiger partial charge in [0.25, 0.3) is 17.4 Å². The molecule has 3 aliphatic rings. The summed E-state index contributed by atoms with van der Waals surface area (Å²) in [5.74, 6) is -6.03. The van der Waals surface area contributed by atoms with Crippen LogP contribution in [0.4, 0.5) is 18.9 Å². The van der Waals surface area contributed by atoms with Gasteiger partial charge in [0, 0.05) is 57.0 Å². The quantitative estimate of drug-likeness (QED) is 0.254. The molecular weight excluding hydrogens is 726 g/mol. The molecule has 286 valence electrons. The van der Waals surface area contributed by atoms with Crippen LogP contribution in [-0.4, -0.2) is 92.2 Å². The van der Waals surface area contributed by atoms with Gasteiger partial charge in [-0.3, -0.25) is 19.0 Å². The number of aryl methyl sites for hydroxylation is 1. The summed E-state index contributed by atoms with van der Waals surface area (Å²) >= 11 is 1.41. The molecule has 2 aromatic heterocycles. The number of hydrogen-bond acceptors (Lipinski definition) is 10. The van der Waals surface area contributed by atoms with E-state index in [1.807, 2.05) is 37.3 Å². The van der Waals surface area contributed by atoms with E-state index < -0.39 is 65.8 Å². The summed E-state index contributed by atoms with van der Waals surface area (Å²) in [6.45, 7) is 1.53. The third-order valence-electron chi connectivity index (χ3n) is 10.7. The molecule has 2 aromatic carbocycles. The number of anilines is 1. The SMILES string of the molecule is Cc1nc(C2CCOCC2)sc1C(=O)N1CC[C@@H](C(=O)N2CC[C@](O)(Cn3cnc(Oc4ccc(F)cc4)c(N)c3=O)C(F)(F)C2)[C@H](c2ccccc2)C1. The number of thiazole rings is 1. The summed E-state index contributed by atoms with van der Waals surface area (Å²) in [7, 11) is 0. The van der Waals surface area contributed by atoms with Gasteiger partial charge in [-0.1, -0.05) is 30.3 Å². The normalized spacial score (nSPS) is 23.3. The standard InChI is InChI=1S/C38H41F3N6O6S/c1-23-31(54-33(44-23)25-12-17-52-18-13-25)36(50)45-15-11-28(29(19-45)24-5-3-2-4-6-24)34(48)46-16-14-37(51,38(40,41)21-46)20-47-22-43-32(30(42)35(47)49)53-27-9-7-26(39)8-10-27/h2-10,22,25,28-29,51H,11-21,42H2,1H3/t28-,29+,37+/m1/s1. The van der Waals surface area contributed by atoms with Gasteiger partial charge in [0.15, 0.2) is 5.69 Å². The number of carbonyl (C=O) groups is 2. The van der Waals surface area contributed by atoms with Crippen molar-refractivity contribution in [2.24, 2.45) is 5.92 Å². The molecule has 3 aliphatic heterocycles. The van der Waals surface area contributed by atoms with Gasteiger partial charge in [-0.05, 0) is 56.0 Å². The Balaban J connectivity index is 1.05. The van der Waals surface area contributed by atoms with Gasteiger partial charge < -0.3 is 30.1 Å². The van der Waals surface area contributed by atoms with E-state index in [1.165, 1.54) is 23.5 Å². The van der Waals surface area contributed by atoms with Gasteiger partial charge >= 0.3 is 0 Å². The van der Waals surface area contributed by atoms with Crippen LogP contribution in [0.5, 0.6) is 11.6 Å². The maximum Gasteiger partial charge on any atom is 0.295 e. The fourth-order valence-corrected chi connectivity index (χ4v) is 8.72. The number of nitrogens with zero attached hydrogens (tertiary/aromatic N) is 5. The van der Waals surface area contributed by atoms with Crippen molar-refractivity contribution in [3.8, 4) is 11.6 Å². The van der Waals surface area contributed by atoms with E-state index in [9.17, 15) is 23.9 Å².